The van der Waals surface area contributed by atoms with Crippen LogP contribution in [0, 0.1) is 27.7 Å². The van der Waals surface area contributed by atoms with Gasteiger partial charge in [0.1, 0.15) is 22.7 Å². The van der Waals surface area contributed by atoms with Gasteiger partial charge in [0.05, 0.1) is 12.0 Å². The highest BCUT2D eigenvalue weighted by Gasteiger charge is 2.21. The highest BCUT2D eigenvalue weighted by molar-refractivity contribution is 6.00. The van der Waals surface area contributed by atoms with E-state index in [0.717, 1.165) is 33.2 Å². The lowest BCUT2D eigenvalue weighted by molar-refractivity contribution is -0.308. The molecule has 2 aromatic carbocycles. The Morgan fingerprint density at radius 1 is 1.00 bits per heavy atom. The van der Waals surface area contributed by atoms with Gasteiger partial charge in [-0.2, -0.15) is 0 Å². The topological polar surface area (TPSA) is 149 Å². The monoisotopic (exact) mass is 515 g/mol. The molecule has 3 N–H and O–H groups in total. The number of amides is 1. The number of aryl methyl sites for hydroxylation is 4. The summed E-state index contributed by atoms with van der Waals surface area (Å²) in [6.07, 6.45) is 1.57. The summed E-state index contributed by atoms with van der Waals surface area (Å²) in [6, 6.07) is 5.38. The number of hydrogen-bond acceptors (Lipinski definition) is 7. The molecule has 3 aromatic heterocycles. The Balaban J connectivity index is 1.37. The SMILES string of the molecule is Cc1oc2c(C)c3oc(=O)c(CCC(=O)N[C@@H](Cc4c[nH]c5ccc(O)cc45)C(=O)[O-])c(C)c3cc2c1C. The molecule has 9 nitrogen and oxygen atoms in total. The first kappa shape index (κ1) is 25.1. The van der Waals surface area contributed by atoms with Crippen molar-refractivity contribution in [2.45, 2.75) is 53.0 Å². The number of phenolic OH excluding ortho intramolecular Hbond substituents is 1. The molecule has 0 spiro atoms. The number of rotatable bonds is 7. The van der Waals surface area contributed by atoms with Gasteiger partial charge in [0.2, 0.25) is 5.91 Å². The molecule has 1 amide bonds. The fourth-order valence-electron chi connectivity index (χ4n) is 5.04. The smallest absolute Gasteiger partial charge is 0.339 e. The van der Waals surface area contributed by atoms with Crippen molar-refractivity contribution in [1.29, 1.82) is 0 Å². The van der Waals surface area contributed by atoms with Crippen molar-refractivity contribution < 1.29 is 28.6 Å². The van der Waals surface area contributed by atoms with E-state index < -0.39 is 23.5 Å². The van der Waals surface area contributed by atoms with Crippen LogP contribution in [0.25, 0.3) is 32.8 Å². The number of carboxylic acid groups (broad SMARTS) is 1. The lowest BCUT2D eigenvalue weighted by Gasteiger charge is -2.19. The number of phenols is 1. The molecule has 0 aliphatic rings. The lowest BCUT2D eigenvalue weighted by atomic mass is 9.98. The molecule has 38 heavy (non-hydrogen) atoms. The summed E-state index contributed by atoms with van der Waals surface area (Å²) in [5, 5.41) is 26.5. The minimum absolute atomic E-state index is 0.0343. The molecule has 0 unspecified atom stereocenters. The maximum atomic E-state index is 12.9. The molecular weight excluding hydrogens is 488 g/mol. The van der Waals surface area contributed by atoms with Gasteiger partial charge >= 0.3 is 5.63 Å². The van der Waals surface area contributed by atoms with Gasteiger partial charge in [-0.1, -0.05) is 0 Å². The maximum Gasteiger partial charge on any atom is 0.339 e. The molecule has 0 fully saturated rings. The van der Waals surface area contributed by atoms with E-state index in [9.17, 15) is 24.6 Å². The Morgan fingerprint density at radius 2 is 1.71 bits per heavy atom. The number of benzene rings is 2. The number of aromatic nitrogens is 1. The minimum atomic E-state index is -1.43. The molecule has 0 bridgehead atoms. The molecule has 1 atom stereocenters. The third-order valence-electron chi connectivity index (χ3n) is 7.34. The van der Waals surface area contributed by atoms with Crippen molar-refractivity contribution in [1.82, 2.24) is 10.3 Å². The van der Waals surface area contributed by atoms with Crippen molar-refractivity contribution in [3.63, 3.8) is 0 Å². The Bertz CT molecular complexity index is 1810. The predicted molar refractivity (Wildman–Crippen MR) is 140 cm³/mol. The summed E-state index contributed by atoms with van der Waals surface area (Å²) in [4.78, 5) is 40.4. The Hall–Kier alpha value is -4.53. The standard InChI is InChI=1S/C29H28N2O7/c1-13-16(4)37-26-15(3)27-21(11-20(13)26)14(2)19(29(36)38-27)6-8-25(33)31-24(28(34)35)9-17-12-30-23-7-5-18(32)10-22(17)23/h5,7,10-12,24,30,32H,6,8-9H2,1-4H3,(H,31,33)(H,34,35)/p-1/t24-/m0/s1. The zero-order valence-corrected chi connectivity index (χ0v) is 21.5. The van der Waals surface area contributed by atoms with Gasteiger partial charge < -0.3 is 34.1 Å². The third-order valence-corrected chi connectivity index (χ3v) is 7.34. The van der Waals surface area contributed by atoms with Gasteiger partial charge in [-0.05, 0) is 75.1 Å². The third kappa shape index (κ3) is 4.30. The normalized spacial score (nSPS) is 12.4. The number of H-pyrrole nitrogens is 1. The van der Waals surface area contributed by atoms with Gasteiger partial charge in [-0.3, -0.25) is 4.79 Å². The molecular formula is C29H27N2O7-. The first-order chi connectivity index (χ1) is 18.0. The Labute approximate surface area is 217 Å². The highest BCUT2D eigenvalue weighted by Crippen LogP contribution is 2.34. The van der Waals surface area contributed by atoms with Crippen LogP contribution >= 0.6 is 0 Å². The second kappa shape index (κ2) is 9.41. The Kier molecular flexibility index (Phi) is 6.22. The number of fused-ring (bicyclic) bond motifs is 3. The molecule has 196 valence electrons. The fourth-order valence-corrected chi connectivity index (χ4v) is 5.04. The number of nitrogens with one attached hydrogen (secondary N) is 2. The van der Waals surface area contributed by atoms with E-state index in [0.29, 0.717) is 33.2 Å². The molecule has 3 heterocycles. The van der Waals surface area contributed by atoms with Crippen molar-refractivity contribution in [2.75, 3.05) is 0 Å². The quantitative estimate of drug-likeness (QED) is 0.281. The number of hydrogen-bond donors (Lipinski definition) is 3. The minimum Gasteiger partial charge on any atom is -0.548 e. The first-order valence-electron chi connectivity index (χ1n) is 12.3. The van der Waals surface area contributed by atoms with E-state index in [-0.39, 0.29) is 25.0 Å². The lowest BCUT2D eigenvalue weighted by Crippen LogP contribution is -2.49. The van der Waals surface area contributed by atoms with Crippen LogP contribution in [0.1, 0.15) is 40.0 Å². The number of aromatic hydroxyl groups is 1. The number of carbonyl (C=O) groups is 2. The highest BCUT2D eigenvalue weighted by atomic mass is 16.4. The van der Waals surface area contributed by atoms with Gasteiger partial charge in [-0.15, -0.1) is 0 Å². The van der Waals surface area contributed by atoms with Crippen molar-refractivity contribution in [3.8, 4) is 5.75 Å². The number of carboxylic acids is 1. The molecule has 0 saturated heterocycles. The van der Waals surface area contributed by atoms with Crippen LogP contribution in [-0.2, 0) is 22.4 Å². The molecule has 0 radical (unpaired) electrons. The van der Waals surface area contributed by atoms with E-state index in [1.807, 2.05) is 33.8 Å². The van der Waals surface area contributed by atoms with E-state index in [1.54, 1.807) is 12.3 Å². The van der Waals surface area contributed by atoms with Crippen molar-refractivity contribution in [2.24, 2.45) is 0 Å². The number of carbonyl (C=O) groups excluding carboxylic acids is 2. The summed E-state index contributed by atoms with van der Waals surface area (Å²) >= 11 is 0. The van der Waals surface area contributed by atoms with Crippen LogP contribution in [0.3, 0.4) is 0 Å². The van der Waals surface area contributed by atoms with Gasteiger partial charge in [0, 0.05) is 51.8 Å². The molecule has 0 aliphatic heterocycles. The van der Waals surface area contributed by atoms with Crippen LogP contribution in [0.2, 0.25) is 0 Å². The summed E-state index contributed by atoms with van der Waals surface area (Å²) in [5.41, 5.74) is 4.75. The van der Waals surface area contributed by atoms with E-state index in [1.165, 1.54) is 12.1 Å². The van der Waals surface area contributed by atoms with Crippen molar-refractivity contribution >= 4 is 44.7 Å². The number of aromatic amines is 1. The van der Waals surface area contributed by atoms with Crippen molar-refractivity contribution in [3.05, 3.63) is 74.5 Å². The average Bonchev–Trinajstić information content (AvgIpc) is 3.39. The Morgan fingerprint density at radius 3 is 2.45 bits per heavy atom. The zero-order valence-electron chi connectivity index (χ0n) is 21.5. The average molecular weight is 516 g/mol. The van der Waals surface area contributed by atoms with Gasteiger partial charge in [0.15, 0.2) is 0 Å². The van der Waals surface area contributed by atoms with Crippen LogP contribution in [0.4, 0.5) is 0 Å². The van der Waals surface area contributed by atoms with Gasteiger partial charge in [0.25, 0.3) is 0 Å². The molecule has 5 aromatic rings. The second-order valence-corrected chi connectivity index (χ2v) is 9.72. The second-order valence-electron chi connectivity index (χ2n) is 9.72. The maximum absolute atomic E-state index is 12.9. The predicted octanol–water partition coefficient (Wildman–Crippen LogP) is 3.37. The molecule has 5 rings (SSSR count). The van der Waals surface area contributed by atoms with Crippen LogP contribution in [-0.4, -0.2) is 28.0 Å². The number of aliphatic carboxylic acids is 1. The molecule has 9 heteroatoms. The van der Waals surface area contributed by atoms with E-state index in [4.69, 9.17) is 8.83 Å². The first-order valence-corrected chi connectivity index (χ1v) is 12.3. The molecule has 0 aliphatic carbocycles. The van der Waals surface area contributed by atoms with E-state index in [2.05, 4.69) is 10.3 Å². The summed E-state index contributed by atoms with van der Waals surface area (Å²) < 4.78 is 11.5. The fraction of sp³-hybridized carbons (Fsp3) is 0.276. The summed E-state index contributed by atoms with van der Waals surface area (Å²) in [5.74, 6) is -1.12. The van der Waals surface area contributed by atoms with Crippen LogP contribution < -0.4 is 16.0 Å². The number of furan rings is 1. The van der Waals surface area contributed by atoms with Crippen LogP contribution in [0.15, 0.2) is 44.1 Å². The van der Waals surface area contributed by atoms with E-state index >= 15 is 0 Å². The molecule has 0 saturated carbocycles. The summed E-state index contributed by atoms with van der Waals surface area (Å²) in [6.45, 7) is 7.52. The zero-order chi connectivity index (χ0) is 27.3. The summed E-state index contributed by atoms with van der Waals surface area (Å²) in [7, 11) is 0. The van der Waals surface area contributed by atoms with Gasteiger partial charge in [-0.25, -0.2) is 4.79 Å². The van der Waals surface area contributed by atoms with Crippen LogP contribution in [0.5, 0.6) is 5.75 Å². The largest absolute Gasteiger partial charge is 0.548 e.